The monoisotopic (exact) mass is 353 g/mol. The van der Waals surface area contributed by atoms with Gasteiger partial charge in [0.2, 0.25) is 10.0 Å². The number of hydrogen-bond donors (Lipinski definition) is 1. The minimum atomic E-state index is -3.47. The number of benzene rings is 2. The average Bonchev–Trinajstić information content (AvgIpc) is 2.39. The smallest absolute Gasteiger partial charge is 0.211 e. The van der Waals surface area contributed by atoms with Gasteiger partial charge in [0.1, 0.15) is 0 Å². The van der Waals surface area contributed by atoms with Crippen molar-refractivity contribution in [3.05, 3.63) is 64.1 Å². The zero-order valence-electron chi connectivity index (χ0n) is 11.1. The molecule has 0 saturated heterocycles. The normalized spacial score (nSPS) is 11.5. The molecule has 0 unspecified atom stereocenters. The van der Waals surface area contributed by atoms with Crippen LogP contribution < -0.4 is 4.72 Å². The van der Waals surface area contributed by atoms with Crippen LogP contribution in [0.15, 0.2) is 57.9 Å². The highest BCUT2D eigenvalue weighted by atomic mass is 79.9. The first kappa shape index (κ1) is 15.2. The lowest BCUT2D eigenvalue weighted by atomic mass is 10.2. The largest absolute Gasteiger partial charge is 0.241 e. The van der Waals surface area contributed by atoms with Crippen molar-refractivity contribution in [3.8, 4) is 0 Å². The fourth-order valence-corrected chi connectivity index (χ4v) is 4.10. The minimum absolute atomic E-state index is 0.274. The molecule has 0 atom stereocenters. The molecule has 5 heteroatoms. The van der Waals surface area contributed by atoms with E-state index in [1.54, 1.807) is 18.2 Å². The maximum atomic E-state index is 12.2. The van der Waals surface area contributed by atoms with Crippen molar-refractivity contribution in [2.75, 3.05) is 6.54 Å². The summed E-state index contributed by atoms with van der Waals surface area (Å²) in [5.41, 5.74) is 2.12. The Balaban J connectivity index is 2.04. The zero-order chi connectivity index (χ0) is 14.6. The predicted molar refractivity (Wildman–Crippen MR) is 84.2 cm³/mol. The molecule has 0 saturated carbocycles. The molecule has 0 radical (unpaired) electrons. The second-order valence-electron chi connectivity index (χ2n) is 4.57. The quantitative estimate of drug-likeness (QED) is 0.896. The van der Waals surface area contributed by atoms with Crippen molar-refractivity contribution in [2.45, 2.75) is 18.2 Å². The number of nitrogens with one attached hydrogen (secondary N) is 1. The standard InChI is InChI=1S/C15H16BrNO2S/c1-12-7-8-15(14(16)11-12)20(18,19)17-10-9-13-5-3-2-4-6-13/h2-8,11,17H,9-10H2,1H3. The second kappa shape index (κ2) is 6.52. The van der Waals surface area contributed by atoms with Crippen molar-refractivity contribution < 1.29 is 8.42 Å². The van der Waals surface area contributed by atoms with E-state index in [2.05, 4.69) is 20.7 Å². The number of sulfonamides is 1. The van der Waals surface area contributed by atoms with Crippen LogP contribution in [0, 0.1) is 6.92 Å². The summed E-state index contributed by atoms with van der Waals surface area (Å²) in [5.74, 6) is 0. The molecule has 0 aromatic heterocycles. The van der Waals surface area contributed by atoms with Gasteiger partial charge in [0.15, 0.2) is 0 Å². The summed E-state index contributed by atoms with van der Waals surface area (Å²) in [6.45, 7) is 2.30. The Morgan fingerprint density at radius 2 is 1.80 bits per heavy atom. The number of halogens is 1. The Bertz CT molecular complexity index is 684. The molecule has 0 aliphatic heterocycles. The van der Waals surface area contributed by atoms with Crippen molar-refractivity contribution in [1.29, 1.82) is 0 Å². The van der Waals surface area contributed by atoms with Gasteiger partial charge in [-0.3, -0.25) is 0 Å². The van der Waals surface area contributed by atoms with Gasteiger partial charge in [-0.15, -0.1) is 0 Å². The van der Waals surface area contributed by atoms with Crippen LogP contribution in [0.25, 0.3) is 0 Å². The van der Waals surface area contributed by atoms with Gasteiger partial charge in [-0.25, -0.2) is 13.1 Å². The molecule has 1 N–H and O–H groups in total. The summed E-state index contributed by atoms with van der Waals surface area (Å²) in [7, 11) is -3.47. The maximum absolute atomic E-state index is 12.2. The Morgan fingerprint density at radius 1 is 1.10 bits per heavy atom. The molecule has 0 aliphatic carbocycles. The summed E-state index contributed by atoms with van der Waals surface area (Å²) in [6.07, 6.45) is 0.670. The topological polar surface area (TPSA) is 46.2 Å². The van der Waals surface area contributed by atoms with Crippen molar-refractivity contribution in [2.24, 2.45) is 0 Å². The summed E-state index contributed by atoms with van der Waals surface area (Å²) in [4.78, 5) is 0.274. The van der Waals surface area contributed by atoms with Crippen molar-refractivity contribution in [1.82, 2.24) is 4.72 Å². The molecule has 0 amide bonds. The molecule has 2 aromatic rings. The fourth-order valence-electron chi connectivity index (χ4n) is 1.88. The van der Waals surface area contributed by atoms with Crippen LogP contribution in [-0.2, 0) is 16.4 Å². The van der Waals surface area contributed by atoms with E-state index in [-0.39, 0.29) is 4.90 Å². The van der Waals surface area contributed by atoms with Crippen molar-refractivity contribution >= 4 is 26.0 Å². The second-order valence-corrected chi connectivity index (χ2v) is 7.16. The zero-order valence-corrected chi connectivity index (χ0v) is 13.5. The Morgan fingerprint density at radius 3 is 2.45 bits per heavy atom. The first-order chi connectivity index (χ1) is 9.49. The third-order valence-electron chi connectivity index (χ3n) is 2.93. The van der Waals surface area contributed by atoms with Gasteiger partial charge >= 0.3 is 0 Å². The highest BCUT2D eigenvalue weighted by Gasteiger charge is 2.16. The number of hydrogen-bond acceptors (Lipinski definition) is 2. The van der Waals surface area contributed by atoms with Crippen molar-refractivity contribution in [3.63, 3.8) is 0 Å². The van der Waals surface area contributed by atoms with Crippen LogP contribution >= 0.6 is 15.9 Å². The fraction of sp³-hybridized carbons (Fsp3) is 0.200. The SMILES string of the molecule is Cc1ccc(S(=O)(=O)NCCc2ccccc2)c(Br)c1. The van der Waals surface area contributed by atoms with E-state index in [9.17, 15) is 8.42 Å². The van der Waals surface area contributed by atoms with Gasteiger partial charge in [-0.05, 0) is 52.5 Å². The number of rotatable bonds is 5. The van der Waals surface area contributed by atoms with Gasteiger partial charge in [0.25, 0.3) is 0 Å². The number of aryl methyl sites for hydroxylation is 1. The van der Waals surface area contributed by atoms with E-state index in [1.807, 2.05) is 37.3 Å². The Hall–Kier alpha value is -1.17. The first-order valence-corrected chi connectivity index (χ1v) is 8.56. The molecule has 0 fully saturated rings. The molecular formula is C15H16BrNO2S. The van der Waals surface area contributed by atoms with E-state index in [1.165, 1.54) is 0 Å². The van der Waals surface area contributed by atoms with Crippen LogP contribution in [-0.4, -0.2) is 15.0 Å². The molecule has 0 heterocycles. The van der Waals surface area contributed by atoms with E-state index in [0.717, 1.165) is 11.1 Å². The van der Waals surface area contributed by atoms with Crippen LogP contribution in [0.4, 0.5) is 0 Å². The van der Waals surface area contributed by atoms with Gasteiger partial charge in [-0.1, -0.05) is 36.4 Å². The van der Waals surface area contributed by atoms with Crippen LogP contribution in [0.5, 0.6) is 0 Å². The first-order valence-electron chi connectivity index (χ1n) is 6.29. The minimum Gasteiger partial charge on any atom is -0.211 e. The van der Waals surface area contributed by atoms with Gasteiger partial charge < -0.3 is 0 Å². The highest BCUT2D eigenvalue weighted by Crippen LogP contribution is 2.22. The molecule has 106 valence electrons. The molecule has 0 bridgehead atoms. The van der Waals surface area contributed by atoms with Crippen LogP contribution in [0.1, 0.15) is 11.1 Å². The highest BCUT2D eigenvalue weighted by molar-refractivity contribution is 9.10. The molecule has 2 aromatic carbocycles. The van der Waals surface area contributed by atoms with E-state index in [4.69, 9.17) is 0 Å². The Kier molecular flexibility index (Phi) is 4.96. The third kappa shape index (κ3) is 3.91. The lowest BCUT2D eigenvalue weighted by Crippen LogP contribution is -2.26. The van der Waals surface area contributed by atoms with E-state index in [0.29, 0.717) is 17.4 Å². The molecule has 2 rings (SSSR count). The van der Waals surface area contributed by atoms with E-state index < -0.39 is 10.0 Å². The summed E-state index contributed by atoms with van der Waals surface area (Å²) < 4.78 is 27.6. The van der Waals surface area contributed by atoms with Crippen LogP contribution in [0.2, 0.25) is 0 Å². The van der Waals surface area contributed by atoms with Gasteiger partial charge in [0, 0.05) is 11.0 Å². The molecule has 0 spiro atoms. The van der Waals surface area contributed by atoms with Gasteiger partial charge in [-0.2, -0.15) is 0 Å². The molecular weight excluding hydrogens is 338 g/mol. The van der Waals surface area contributed by atoms with E-state index >= 15 is 0 Å². The summed E-state index contributed by atoms with van der Waals surface area (Å²) >= 11 is 3.30. The molecule has 3 nitrogen and oxygen atoms in total. The van der Waals surface area contributed by atoms with Gasteiger partial charge in [0.05, 0.1) is 4.90 Å². The van der Waals surface area contributed by atoms with Crippen LogP contribution in [0.3, 0.4) is 0 Å². The lowest BCUT2D eigenvalue weighted by molar-refractivity contribution is 0.581. The maximum Gasteiger partial charge on any atom is 0.241 e. The summed E-state index contributed by atoms with van der Waals surface area (Å²) in [6, 6.07) is 15.0. The molecule has 0 aliphatic rings. The average molecular weight is 354 g/mol. The molecule has 20 heavy (non-hydrogen) atoms. The summed E-state index contributed by atoms with van der Waals surface area (Å²) in [5, 5.41) is 0. The third-order valence-corrected chi connectivity index (χ3v) is 5.36. The predicted octanol–water partition coefficient (Wildman–Crippen LogP) is 3.28. The Labute approximate surface area is 128 Å². The lowest BCUT2D eigenvalue weighted by Gasteiger charge is -2.09.